The van der Waals surface area contributed by atoms with E-state index >= 15 is 0 Å². The van der Waals surface area contributed by atoms with E-state index < -0.39 is 9.73 Å². The van der Waals surface area contributed by atoms with Crippen LogP contribution in [0.15, 0.2) is 53.0 Å². The van der Waals surface area contributed by atoms with Crippen molar-refractivity contribution in [2.75, 3.05) is 67.5 Å². The Bertz CT molecular complexity index is 1550. The molecule has 2 fully saturated rings. The lowest BCUT2D eigenvalue weighted by atomic mass is 9.73. The molecule has 6 rings (SSSR count). The van der Waals surface area contributed by atoms with Gasteiger partial charge in [0.15, 0.2) is 5.82 Å². The van der Waals surface area contributed by atoms with Gasteiger partial charge < -0.3 is 24.8 Å². The van der Waals surface area contributed by atoms with Gasteiger partial charge in [-0.25, -0.2) is 14.2 Å². The van der Waals surface area contributed by atoms with Gasteiger partial charge in [0.2, 0.25) is 5.95 Å². The molecule has 3 aliphatic rings. The molecule has 3 aliphatic heterocycles. The molecular weight excluding hydrogens is 536 g/mol. The topological polar surface area (TPSA) is 99.1 Å². The molecule has 3 aromatic rings. The minimum atomic E-state index is -2.35. The van der Waals surface area contributed by atoms with Crippen molar-refractivity contribution in [1.29, 1.82) is 0 Å². The van der Waals surface area contributed by atoms with Crippen molar-refractivity contribution >= 4 is 44.5 Å². The Kier molecular flexibility index (Phi) is 6.94. The minimum Gasteiger partial charge on any atom is -0.374 e. The van der Waals surface area contributed by atoms with Gasteiger partial charge in [0.05, 0.1) is 18.2 Å². The number of benzene rings is 1. The number of anilines is 5. The highest BCUT2D eigenvalue weighted by atomic mass is 32.2. The first-order valence-corrected chi connectivity index (χ1v) is 16.5. The number of ether oxygens (including phenoxy) is 1. The molecule has 0 unspecified atom stereocenters. The van der Waals surface area contributed by atoms with Crippen LogP contribution < -0.4 is 15.1 Å². The lowest BCUT2D eigenvalue weighted by Crippen LogP contribution is -2.54. The lowest BCUT2D eigenvalue weighted by Gasteiger charge is -2.46. The zero-order chi connectivity index (χ0) is 29.0. The van der Waals surface area contributed by atoms with Crippen LogP contribution in [0.3, 0.4) is 0 Å². The molecule has 10 nitrogen and oxygen atoms in total. The second-order valence-electron chi connectivity index (χ2n) is 12.6. The standard InChI is InChI=1S/C30H40N8O2S/c1-29(2)18-24-30(3,20-40-29)23-19-31-28(32-21-10-12-22(13-11-21)37-16-14-36(4)15-17-37)34-27(23)38(24)26-9-7-8-25(33-26)35-41(5,6)39/h7-13,19,24H,14-18,20H2,1-6H3,(H,31,32,34)/t24-,30-/m0/s1. The second-order valence-corrected chi connectivity index (χ2v) is 15.1. The normalized spacial score (nSPS) is 24.1. The number of likely N-dealkylation sites (N-methyl/N-ethyl adjacent to an activating group) is 1. The van der Waals surface area contributed by atoms with Crippen molar-refractivity contribution in [3.8, 4) is 0 Å². The van der Waals surface area contributed by atoms with Crippen LogP contribution in [0.4, 0.5) is 34.8 Å². The molecule has 5 heterocycles. The maximum absolute atomic E-state index is 12.4. The average Bonchev–Trinajstić information content (AvgIpc) is 3.15. The number of aromatic nitrogens is 3. The van der Waals surface area contributed by atoms with Crippen molar-refractivity contribution in [2.45, 2.75) is 44.2 Å². The molecule has 218 valence electrons. The maximum Gasteiger partial charge on any atom is 0.229 e. The van der Waals surface area contributed by atoms with Crippen LogP contribution in [0.25, 0.3) is 0 Å². The minimum absolute atomic E-state index is 0.0593. The molecule has 1 N–H and O–H groups in total. The fourth-order valence-corrected chi connectivity index (χ4v) is 6.58. The number of nitrogens with one attached hydrogen (secondary N) is 1. The van der Waals surface area contributed by atoms with E-state index in [1.54, 1.807) is 18.6 Å². The van der Waals surface area contributed by atoms with E-state index in [2.05, 4.69) is 76.5 Å². The van der Waals surface area contributed by atoms with Crippen molar-refractivity contribution < 1.29 is 8.95 Å². The molecule has 2 saturated heterocycles. The molecule has 0 bridgehead atoms. The zero-order valence-electron chi connectivity index (χ0n) is 24.8. The molecule has 0 amide bonds. The molecule has 2 aromatic heterocycles. The van der Waals surface area contributed by atoms with E-state index in [1.807, 2.05) is 18.3 Å². The van der Waals surface area contributed by atoms with Crippen LogP contribution in [-0.4, -0.2) is 88.0 Å². The molecular formula is C30H40N8O2S. The SMILES string of the molecule is CN1CCN(c2ccc(Nc3ncc4c(n3)N(c3cccc(N=S(C)(C)=O)n3)[C@H]3CC(C)(C)OC[C@@]43C)cc2)CC1. The molecule has 11 heteroatoms. The van der Waals surface area contributed by atoms with E-state index in [1.165, 1.54) is 5.69 Å². The molecule has 1 aromatic carbocycles. The van der Waals surface area contributed by atoms with E-state index in [4.69, 9.17) is 19.7 Å². The Morgan fingerprint density at radius 1 is 1.02 bits per heavy atom. The molecule has 0 spiro atoms. The highest BCUT2D eigenvalue weighted by Gasteiger charge is 2.55. The summed E-state index contributed by atoms with van der Waals surface area (Å²) in [5.41, 5.74) is 2.58. The summed E-state index contributed by atoms with van der Waals surface area (Å²) in [6, 6.07) is 14.2. The van der Waals surface area contributed by atoms with Gasteiger partial charge in [0, 0.05) is 77.0 Å². The monoisotopic (exact) mass is 576 g/mol. The molecule has 0 saturated carbocycles. The average molecular weight is 577 g/mol. The van der Waals surface area contributed by atoms with Gasteiger partial charge in [0.1, 0.15) is 11.6 Å². The van der Waals surface area contributed by atoms with Crippen LogP contribution in [0.1, 0.15) is 32.8 Å². The van der Waals surface area contributed by atoms with Gasteiger partial charge in [-0.2, -0.15) is 9.35 Å². The Labute approximate surface area is 243 Å². The summed E-state index contributed by atoms with van der Waals surface area (Å²) in [6.45, 7) is 11.2. The molecule has 0 aliphatic carbocycles. The van der Waals surface area contributed by atoms with Crippen molar-refractivity contribution in [3.05, 3.63) is 54.2 Å². The summed E-state index contributed by atoms with van der Waals surface area (Å²) in [7, 11) is -0.185. The maximum atomic E-state index is 12.4. The lowest BCUT2D eigenvalue weighted by molar-refractivity contribution is -0.0893. The van der Waals surface area contributed by atoms with Crippen LogP contribution in [0.2, 0.25) is 0 Å². The summed E-state index contributed by atoms with van der Waals surface area (Å²) in [4.78, 5) is 21.6. The summed E-state index contributed by atoms with van der Waals surface area (Å²) < 4.78 is 23.1. The van der Waals surface area contributed by atoms with Crippen molar-refractivity contribution in [1.82, 2.24) is 19.9 Å². The van der Waals surface area contributed by atoms with E-state index in [9.17, 15) is 4.21 Å². The highest BCUT2D eigenvalue weighted by Crippen LogP contribution is 2.53. The first kappa shape index (κ1) is 27.9. The first-order valence-electron chi connectivity index (χ1n) is 14.2. The van der Waals surface area contributed by atoms with E-state index in [0.29, 0.717) is 18.4 Å². The third kappa shape index (κ3) is 5.62. The van der Waals surface area contributed by atoms with Crippen molar-refractivity contribution in [3.63, 3.8) is 0 Å². The third-order valence-corrected chi connectivity index (χ3v) is 9.01. The second kappa shape index (κ2) is 10.2. The number of rotatable bonds is 5. The van der Waals surface area contributed by atoms with Gasteiger partial charge in [0.25, 0.3) is 0 Å². The van der Waals surface area contributed by atoms with Gasteiger partial charge >= 0.3 is 0 Å². The Morgan fingerprint density at radius 3 is 2.46 bits per heavy atom. The molecule has 2 atom stereocenters. The number of piperazine rings is 1. The fourth-order valence-electron chi connectivity index (χ4n) is 6.03. The predicted octanol–water partition coefficient (Wildman–Crippen LogP) is 4.70. The smallest absolute Gasteiger partial charge is 0.229 e. The van der Waals surface area contributed by atoms with Crippen LogP contribution >= 0.6 is 0 Å². The van der Waals surface area contributed by atoms with Crippen LogP contribution in [0.5, 0.6) is 0 Å². The quantitative estimate of drug-likeness (QED) is 0.463. The van der Waals surface area contributed by atoms with E-state index in [-0.39, 0.29) is 17.1 Å². The number of hydrogen-bond acceptors (Lipinski definition) is 10. The number of hydrogen-bond donors (Lipinski definition) is 1. The summed E-state index contributed by atoms with van der Waals surface area (Å²) in [5.74, 6) is 2.51. The van der Waals surface area contributed by atoms with Gasteiger partial charge in [-0.1, -0.05) is 13.0 Å². The number of pyridine rings is 1. The Morgan fingerprint density at radius 2 is 1.76 bits per heavy atom. The van der Waals surface area contributed by atoms with Crippen LogP contribution in [-0.2, 0) is 19.9 Å². The Hall–Kier alpha value is -3.28. The summed E-state index contributed by atoms with van der Waals surface area (Å²) in [5, 5.41) is 3.41. The van der Waals surface area contributed by atoms with Crippen molar-refractivity contribution in [2.24, 2.45) is 4.36 Å². The zero-order valence-corrected chi connectivity index (χ0v) is 25.6. The molecule has 0 radical (unpaired) electrons. The summed E-state index contributed by atoms with van der Waals surface area (Å²) in [6.07, 6.45) is 5.95. The van der Waals surface area contributed by atoms with Gasteiger partial charge in [-0.3, -0.25) is 0 Å². The fraction of sp³-hybridized carbons (Fsp3) is 0.500. The van der Waals surface area contributed by atoms with Gasteiger partial charge in [-0.05, 0) is 63.7 Å². The predicted molar refractivity (Wildman–Crippen MR) is 166 cm³/mol. The summed E-state index contributed by atoms with van der Waals surface area (Å²) >= 11 is 0. The van der Waals surface area contributed by atoms with Gasteiger partial charge in [-0.15, -0.1) is 0 Å². The first-order chi connectivity index (χ1) is 19.4. The highest BCUT2D eigenvalue weighted by molar-refractivity contribution is 7.92. The molecule has 41 heavy (non-hydrogen) atoms. The number of fused-ring (bicyclic) bond motifs is 3. The van der Waals surface area contributed by atoms with E-state index in [0.717, 1.165) is 55.5 Å². The largest absolute Gasteiger partial charge is 0.374 e. The number of nitrogens with zero attached hydrogens (tertiary/aromatic N) is 7. The van der Waals surface area contributed by atoms with Crippen LogP contribution in [0, 0.1) is 0 Å². The Balaban J connectivity index is 1.34. The third-order valence-electron chi connectivity index (χ3n) is 8.38.